The number of hydrogen-bond acceptors (Lipinski definition) is 5. The molecule has 0 bridgehead atoms. The summed E-state index contributed by atoms with van der Waals surface area (Å²) in [6.07, 6.45) is 7.74. The van der Waals surface area contributed by atoms with Crippen LogP contribution in [0.2, 0.25) is 0 Å². The van der Waals surface area contributed by atoms with E-state index in [1.54, 1.807) is 0 Å². The van der Waals surface area contributed by atoms with Gasteiger partial charge in [0, 0.05) is 37.4 Å². The smallest absolute Gasteiger partial charge is 0.136 e. The van der Waals surface area contributed by atoms with Crippen LogP contribution in [0.3, 0.4) is 0 Å². The summed E-state index contributed by atoms with van der Waals surface area (Å²) in [5.74, 6) is 2.29. The minimum absolute atomic E-state index is 0.0140. The summed E-state index contributed by atoms with van der Waals surface area (Å²) in [4.78, 5) is 15.7. The molecule has 4 aliphatic carbocycles. The Kier molecular flexibility index (Phi) is 4.83. The van der Waals surface area contributed by atoms with Crippen LogP contribution in [0, 0.1) is 46.8 Å². The molecule has 5 nitrogen and oxygen atoms in total. The van der Waals surface area contributed by atoms with E-state index in [1.165, 1.54) is 0 Å². The normalized spacial score (nSPS) is 60.1. The van der Waals surface area contributed by atoms with Gasteiger partial charge >= 0.3 is 0 Å². The van der Waals surface area contributed by atoms with Crippen LogP contribution in [0.15, 0.2) is 0 Å². The second-order valence-corrected chi connectivity index (χ2v) is 13.4. The lowest BCUT2D eigenvalue weighted by Gasteiger charge is -2.63. The first-order chi connectivity index (χ1) is 15.1. The van der Waals surface area contributed by atoms with Crippen LogP contribution in [-0.2, 0) is 4.79 Å². The van der Waals surface area contributed by atoms with Crippen LogP contribution >= 0.6 is 0 Å². The Morgan fingerprint density at radius 3 is 2.53 bits per heavy atom. The number of rotatable bonds is 0. The van der Waals surface area contributed by atoms with Crippen LogP contribution in [0.4, 0.5) is 0 Å². The minimum Gasteiger partial charge on any atom is -0.393 e. The van der Waals surface area contributed by atoms with E-state index in [4.69, 9.17) is 0 Å². The number of aliphatic hydroxyl groups excluding tert-OH is 1. The van der Waals surface area contributed by atoms with E-state index in [-0.39, 0.29) is 35.3 Å². The Morgan fingerprint density at radius 1 is 0.969 bits per heavy atom. The van der Waals surface area contributed by atoms with Crippen molar-refractivity contribution in [1.82, 2.24) is 4.90 Å². The van der Waals surface area contributed by atoms with Gasteiger partial charge in [0.05, 0.1) is 17.3 Å². The van der Waals surface area contributed by atoms with Gasteiger partial charge in [-0.25, -0.2) is 0 Å². The maximum absolute atomic E-state index is 13.3. The first-order valence-electron chi connectivity index (χ1n) is 13.4. The third-order valence-electron chi connectivity index (χ3n) is 11.9. The highest BCUT2D eigenvalue weighted by atomic mass is 16.3. The average molecular weight is 446 g/mol. The van der Waals surface area contributed by atoms with Gasteiger partial charge < -0.3 is 15.3 Å². The fourth-order valence-corrected chi connectivity index (χ4v) is 10.4. The van der Waals surface area contributed by atoms with E-state index in [1.807, 2.05) is 6.92 Å². The summed E-state index contributed by atoms with van der Waals surface area (Å²) in [5, 5.41) is 34.5. The highest BCUT2D eigenvalue weighted by molar-refractivity contribution is 5.83. The van der Waals surface area contributed by atoms with Crippen molar-refractivity contribution < 1.29 is 20.1 Å². The number of carbonyl (C=O) groups excluding carboxylic acids is 1. The van der Waals surface area contributed by atoms with Crippen molar-refractivity contribution in [2.45, 2.75) is 102 Å². The fraction of sp³-hybridized carbons (Fsp3) is 0.963. The average Bonchev–Trinajstić information content (AvgIpc) is 3.09. The van der Waals surface area contributed by atoms with Crippen molar-refractivity contribution in [2.24, 2.45) is 46.8 Å². The van der Waals surface area contributed by atoms with Crippen molar-refractivity contribution in [3.8, 4) is 0 Å². The van der Waals surface area contributed by atoms with Crippen molar-refractivity contribution in [3.05, 3.63) is 0 Å². The predicted molar refractivity (Wildman–Crippen MR) is 122 cm³/mol. The first-order valence-corrected chi connectivity index (χ1v) is 13.4. The number of aliphatic hydroxyl groups is 3. The molecule has 6 rings (SSSR count). The van der Waals surface area contributed by atoms with Gasteiger partial charge in [-0.15, -0.1) is 0 Å². The summed E-state index contributed by atoms with van der Waals surface area (Å²) < 4.78 is 0. The summed E-state index contributed by atoms with van der Waals surface area (Å²) in [6.45, 7) is 8.27. The van der Waals surface area contributed by atoms with Crippen LogP contribution < -0.4 is 0 Å². The predicted octanol–water partition coefficient (Wildman–Crippen LogP) is 3.00. The molecule has 0 radical (unpaired) electrons. The minimum atomic E-state index is -0.861. The lowest BCUT2D eigenvalue weighted by atomic mass is 9.51. The molecule has 0 spiro atoms. The molecule has 0 aromatic rings. The van der Waals surface area contributed by atoms with Gasteiger partial charge in [-0.1, -0.05) is 13.8 Å². The summed E-state index contributed by atoms with van der Waals surface area (Å²) in [5.41, 5.74) is -1.76. The molecule has 0 aromatic carbocycles. The molecule has 32 heavy (non-hydrogen) atoms. The Bertz CT molecular complexity index is 799. The van der Waals surface area contributed by atoms with E-state index in [9.17, 15) is 20.1 Å². The number of nitrogens with zero attached hydrogens (tertiary/aromatic N) is 1. The van der Waals surface area contributed by atoms with Gasteiger partial charge in [0.25, 0.3) is 0 Å². The van der Waals surface area contributed by atoms with Crippen LogP contribution in [0.1, 0.15) is 78.6 Å². The van der Waals surface area contributed by atoms with E-state index >= 15 is 0 Å². The molecule has 1 unspecified atom stereocenters. The Hall–Kier alpha value is -0.490. The Balaban J connectivity index is 1.35. The van der Waals surface area contributed by atoms with Gasteiger partial charge in [-0.3, -0.25) is 9.69 Å². The lowest BCUT2D eigenvalue weighted by molar-refractivity contribution is -0.250. The molecule has 0 aromatic heterocycles. The molecule has 2 saturated heterocycles. The number of piperidine rings is 2. The molecule has 6 fully saturated rings. The molecule has 3 N–H and O–H groups in total. The van der Waals surface area contributed by atoms with Crippen molar-refractivity contribution in [3.63, 3.8) is 0 Å². The molecule has 4 saturated carbocycles. The second kappa shape index (κ2) is 7.02. The topological polar surface area (TPSA) is 81.0 Å². The van der Waals surface area contributed by atoms with Gasteiger partial charge in [0.2, 0.25) is 0 Å². The Labute approximate surface area is 192 Å². The van der Waals surface area contributed by atoms with Crippen LogP contribution in [-0.4, -0.2) is 62.4 Å². The fourth-order valence-electron chi connectivity index (χ4n) is 10.4. The molecular weight excluding hydrogens is 402 g/mol. The molecular formula is C27H43NO4. The van der Waals surface area contributed by atoms with Gasteiger partial charge in [-0.05, 0) is 93.3 Å². The van der Waals surface area contributed by atoms with Gasteiger partial charge in [-0.2, -0.15) is 0 Å². The number of fused-ring (bicyclic) bond motifs is 8. The molecule has 2 aliphatic heterocycles. The summed E-state index contributed by atoms with van der Waals surface area (Å²) >= 11 is 0. The number of carbonyl (C=O) groups is 1. The standard InChI is InChI=1S/C27H43NO4/c1-15-4-7-24-26(3,31)23-6-5-17-18-11-22(30)21-10-16(29)8-9-25(21,2)19(18)12-20(17)27(23,32)14-28(24)13-15/h15-21,23-24,29,31-32H,4-14H2,1-3H3/t15-,16-,17-,18-,19-,20+,21+,23-,24+,25+,26?,27+/m0/s1. The number of ketones is 1. The Morgan fingerprint density at radius 2 is 1.75 bits per heavy atom. The van der Waals surface area contributed by atoms with Gasteiger partial charge in [0.1, 0.15) is 5.78 Å². The van der Waals surface area contributed by atoms with Crippen molar-refractivity contribution in [2.75, 3.05) is 13.1 Å². The largest absolute Gasteiger partial charge is 0.393 e. The van der Waals surface area contributed by atoms with Crippen molar-refractivity contribution in [1.29, 1.82) is 0 Å². The van der Waals surface area contributed by atoms with Gasteiger partial charge in [0.15, 0.2) is 0 Å². The molecule has 180 valence electrons. The van der Waals surface area contributed by atoms with Crippen molar-refractivity contribution >= 4 is 5.78 Å². The maximum atomic E-state index is 13.3. The quantitative estimate of drug-likeness (QED) is 0.534. The summed E-state index contributed by atoms with van der Waals surface area (Å²) in [7, 11) is 0. The number of Topliss-reactive ketones (excluding diaryl/α,β-unsaturated/α-hetero) is 1. The lowest BCUT2D eigenvalue weighted by Crippen LogP contribution is -2.74. The van der Waals surface area contributed by atoms with E-state index < -0.39 is 11.2 Å². The highest BCUT2D eigenvalue weighted by Gasteiger charge is 2.69. The second-order valence-electron chi connectivity index (χ2n) is 13.4. The molecule has 5 heteroatoms. The third-order valence-corrected chi connectivity index (χ3v) is 11.9. The SMILES string of the molecule is C[C@H]1CC[C@H]2N(C1)C[C@@]1(O)[C@@H]3C[C@H]4[C@@H](CC(=O)[C@H]5C[C@@H](O)CC[C@@]54C)[C@@H]3CC[C@H]1C2(C)O. The van der Waals surface area contributed by atoms with E-state index in [0.717, 1.165) is 51.5 Å². The number of hydrogen-bond donors (Lipinski definition) is 3. The maximum Gasteiger partial charge on any atom is 0.136 e. The van der Waals surface area contributed by atoms with E-state index in [0.29, 0.717) is 48.8 Å². The van der Waals surface area contributed by atoms with Crippen LogP contribution in [0.5, 0.6) is 0 Å². The molecule has 2 heterocycles. The molecule has 0 amide bonds. The zero-order valence-corrected chi connectivity index (χ0v) is 20.2. The zero-order valence-electron chi connectivity index (χ0n) is 20.2. The zero-order chi connectivity index (χ0) is 22.6. The monoisotopic (exact) mass is 445 g/mol. The third kappa shape index (κ3) is 2.80. The van der Waals surface area contributed by atoms with Crippen LogP contribution in [0.25, 0.3) is 0 Å². The first kappa shape index (κ1) is 22.0. The van der Waals surface area contributed by atoms with E-state index in [2.05, 4.69) is 18.7 Å². The highest BCUT2D eigenvalue weighted by Crippen LogP contribution is 2.67. The molecule has 6 aliphatic rings. The summed E-state index contributed by atoms with van der Waals surface area (Å²) in [6, 6.07) is 0.160. The molecule has 12 atom stereocenters.